The Morgan fingerprint density at radius 3 is 1.40 bits per heavy atom. The fourth-order valence-corrected chi connectivity index (χ4v) is 15.9. The molecule has 17 nitrogen and oxygen atoms in total. The second-order valence-corrected chi connectivity index (χ2v) is 26.7. The Morgan fingerprint density at radius 2 is 0.942 bits per heavy atom. The van der Waals surface area contributed by atoms with Crippen LogP contribution < -0.4 is 21.1 Å². The number of aromatic nitrogens is 8. The monoisotopic (exact) mass is 1180 g/mol. The van der Waals surface area contributed by atoms with Crippen molar-refractivity contribution in [2.24, 2.45) is 40.6 Å². The molecule has 6 aliphatic rings. The Balaban J connectivity index is 0.000000120. The predicted molar refractivity (Wildman–Crippen MR) is 339 cm³/mol. The first-order valence-electron chi connectivity index (χ1n) is 31.3. The lowest BCUT2D eigenvalue weighted by Gasteiger charge is -2.17. The van der Waals surface area contributed by atoms with Crippen molar-refractivity contribution in [3.63, 3.8) is 0 Å². The van der Waals surface area contributed by atoms with Crippen molar-refractivity contribution in [2.45, 2.75) is 134 Å². The van der Waals surface area contributed by atoms with Crippen LogP contribution in [0.4, 0.5) is 17.3 Å². The average Bonchev–Trinajstić information content (AvgIpc) is 2.65. The molecular weight excluding hydrogens is 1100 g/mol. The molecule has 0 radical (unpaired) electrons. The van der Waals surface area contributed by atoms with Crippen molar-refractivity contribution in [3.05, 3.63) is 168 Å². The lowest BCUT2D eigenvalue weighted by molar-refractivity contribution is 0.136. The number of ether oxygens (including phenoxy) is 1. The number of hydrogen-bond acceptors (Lipinski definition) is 13. The van der Waals surface area contributed by atoms with Gasteiger partial charge in [-0.1, -0.05) is 93.6 Å². The highest BCUT2D eigenvalue weighted by Crippen LogP contribution is 2.45. The van der Waals surface area contributed by atoms with Gasteiger partial charge >= 0.3 is 10.3 Å². The van der Waals surface area contributed by atoms with E-state index in [1.54, 1.807) is 19.8 Å². The molecule has 18 heteroatoms. The molecule has 9 aromatic rings. The second kappa shape index (κ2) is 24.9. The summed E-state index contributed by atoms with van der Waals surface area (Å²) in [6, 6.07) is 36.6. The molecule has 6 N–H and O–H groups in total. The maximum Gasteiger partial charge on any atom is 0.333 e. The molecule has 6 unspecified atom stereocenters. The first-order chi connectivity index (χ1) is 41.9. The van der Waals surface area contributed by atoms with Gasteiger partial charge in [-0.05, 0) is 170 Å². The summed E-state index contributed by atoms with van der Waals surface area (Å²) in [7, 11) is -2.10. The van der Waals surface area contributed by atoms with Crippen molar-refractivity contribution in [2.75, 3.05) is 42.9 Å². The maximum atomic E-state index is 11.2. The van der Waals surface area contributed by atoms with Crippen molar-refractivity contribution in [1.29, 1.82) is 0 Å². The van der Waals surface area contributed by atoms with Crippen LogP contribution in [0.2, 0.25) is 0 Å². The van der Waals surface area contributed by atoms with Crippen LogP contribution >= 0.6 is 0 Å². The van der Waals surface area contributed by atoms with Gasteiger partial charge in [0.2, 0.25) is 0 Å². The van der Waals surface area contributed by atoms with Gasteiger partial charge in [-0.2, -0.15) is 8.42 Å². The molecule has 0 saturated heterocycles. The summed E-state index contributed by atoms with van der Waals surface area (Å²) in [5, 5.41) is 29.0. The quantitative estimate of drug-likeness (QED) is 0.0647. The average molecular weight is 1180 g/mol. The summed E-state index contributed by atoms with van der Waals surface area (Å²) >= 11 is 0. The highest BCUT2D eigenvalue weighted by molar-refractivity contribution is 7.84. The third kappa shape index (κ3) is 11.9. The van der Waals surface area contributed by atoms with Crippen LogP contribution in [0.3, 0.4) is 0 Å². The number of nitrogens with zero attached hydrogens (tertiary/aromatic N) is 8. The fraction of sp³-hybridized carbons (Fsp3) is 0.456. The molecule has 3 aromatic carbocycles. The number of nitrogens with one attached hydrogen (secondary N) is 3. The highest BCUT2D eigenvalue weighted by atomic mass is 32.2. The van der Waals surface area contributed by atoms with Crippen LogP contribution in [0.1, 0.15) is 148 Å². The molecule has 3 fully saturated rings. The van der Waals surface area contributed by atoms with E-state index >= 15 is 0 Å². The van der Waals surface area contributed by atoms with Gasteiger partial charge in [-0.25, -0.2) is 30.1 Å². The van der Waals surface area contributed by atoms with Crippen molar-refractivity contribution >= 4 is 60.7 Å². The minimum atomic E-state index is -3.91. The van der Waals surface area contributed by atoms with Gasteiger partial charge in [0.25, 0.3) is 0 Å². The Hall–Kier alpha value is -7.22. The number of methoxy groups -OCH3 is 1. The molecule has 6 aliphatic carbocycles. The number of pyridine rings is 1. The Bertz CT molecular complexity index is 3960. The molecule has 0 amide bonds. The van der Waals surface area contributed by atoms with Gasteiger partial charge in [-0.3, -0.25) is 4.18 Å². The largest absolute Gasteiger partial charge is 0.396 e. The van der Waals surface area contributed by atoms with Crippen LogP contribution in [-0.2, 0) is 38.5 Å². The van der Waals surface area contributed by atoms with Gasteiger partial charge in [0.05, 0.1) is 35.5 Å². The van der Waals surface area contributed by atoms with Crippen molar-refractivity contribution in [1.82, 2.24) is 38.6 Å². The molecule has 0 bridgehead atoms. The molecule has 0 aliphatic heterocycles. The highest BCUT2D eigenvalue weighted by Gasteiger charge is 2.37. The van der Waals surface area contributed by atoms with Crippen molar-refractivity contribution < 1.29 is 22.4 Å². The third-order valence-corrected chi connectivity index (χ3v) is 20.8. The molecule has 6 aromatic heterocycles. The first kappa shape index (κ1) is 57.8. The topological polar surface area (TPSA) is 214 Å². The molecule has 0 spiro atoms. The fourth-order valence-electron chi connectivity index (χ4n) is 15.6. The molecule has 12 atom stereocenters. The normalized spacial score (nSPS) is 26.5. The van der Waals surface area contributed by atoms with E-state index in [0.29, 0.717) is 59.8 Å². The summed E-state index contributed by atoms with van der Waals surface area (Å²) in [6.07, 6.45) is 24.6. The van der Waals surface area contributed by atoms with E-state index in [9.17, 15) is 13.5 Å². The lowest BCUT2D eigenvalue weighted by atomic mass is 10.00. The maximum absolute atomic E-state index is 11.2. The van der Waals surface area contributed by atoms with Crippen LogP contribution in [0.15, 0.2) is 135 Å². The predicted octanol–water partition coefficient (Wildman–Crippen LogP) is 12.8. The van der Waals surface area contributed by atoms with E-state index in [4.69, 9.17) is 14.1 Å². The van der Waals surface area contributed by atoms with Crippen LogP contribution in [0, 0.1) is 35.5 Å². The zero-order valence-corrected chi connectivity index (χ0v) is 50.7. The first-order valence-corrected chi connectivity index (χ1v) is 32.7. The Kier molecular flexibility index (Phi) is 16.7. The van der Waals surface area contributed by atoms with E-state index in [0.717, 1.165) is 128 Å². The third-order valence-electron chi connectivity index (χ3n) is 20.3. The van der Waals surface area contributed by atoms with Gasteiger partial charge in [0.1, 0.15) is 41.2 Å². The van der Waals surface area contributed by atoms with Gasteiger partial charge in [-0.15, -0.1) is 0 Å². The number of rotatable bonds is 15. The number of nitrogens with two attached hydrogens (primary N) is 1. The molecule has 3 saturated carbocycles. The summed E-state index contributed by atoms with van der Waals surface area (Å²) in [5.41, 5.74) is 12.6. The van der Waals surface area contributed by atoms with E-state index in [2.05, 4.69) is 185 Å². The Morgan fingerprint density at radius 1 is 0.523 bits per heavy atom. The van der Waals surface area contributed by atoms with Crippen LogP contribution in [0.5, 0.6) is 0 Å². The van der Waals surface area contributed by atoms with Gasteiger partial charge < -0.3 is 39.5 Å². The lowest BCUT2D eigenvalue weighted by Crippen LogP contribution is -2.21. The van der Waals surface area contributed by atoms with Crippen molar-refractivity contribution in [3.8, 4) is 0 Å². The summed E-state index contributed by atoms with van der Waals surface area (Å²) in [4.78, 5) is 23.0. The number of benzene rings is 3. The molecule has 15 rings (SSSR count). The van der Waals surface area contributed by atoms with E-state index < -0.39 is 10.3 Å². The molecule has 450 valence electrons. The van der Waals surface area contributed by atoms with E-state index in [1.165, 1.54) is 39.8 Å². The molecule has 6 heterocycles. The second-order valence-electron chi connectivity index (χ2n) is 25.5. The molecule has 86 heavy (non-hydrogen) atoms. The number of aliphatic hydroxyl groups excluding tert-OH is 1. The van der Waals surface area contributed by atoms with E-state index in [1.807, 2.05) is 12.3 Å². The summed E-state index contributed by atoms with van der Waals surface area (Å²) in [6.45, 7) is 7.98. The number of fused-ring (bicyclic) bond motifs is 6. The summed E-state index contributed by atoms with van der Waals surface area (Å²) in [5.74, 6) is 4.61. The minimum Gasteiger partial charge on any atom is -0.396 e. The van der Waals surface area contributed by atoms with Crippen LogP contribution in [-0.4, -0.2) is 79.1 Å². The number of anilines is 3. The zero-order chi connectivity index (χ0) is 59.1. The standard InChI is InChI=1S/C23H28N4O3S.C23H28N4O.C22H26N4O/c1-15-12-18(13-17(15)14-30-31(24,28)29)27-11-9-20-22(8-10-25-23(20)27)26-21-7-6-16-4-2-3-5-19(16)21;1-15-11-18(12-17(15)13-28-2)27-10-9-20-22(24-14-25-23(20)27)26-21-8-7-16-5-3-4-6-19(16)21;1-14-10-17(11-16(14)12-27)26-9-8-19-21(23-13-24-22(19)26)25-20-7-6-15-4-2-3-5-18(15)20/h2-5,8-11,15,17-18,21H,6-7,12-14H2,1H3,(H,25,26)(H2,24,28,29);3-6,9-10,14-15,17-18,21H,7-8,11-13H2,1-2H3,(H,24,25,26);2-5,8-9,13-14,16-17,20,27H,6-7,10-12H2,1H3,(H,23,24,25)/t2*15?,17-,18-,21?;14?,16-,17-,20?/m000/s1. The van der Waals surface area contributed by atoms with Gasteiger partial charge in [0.15, 0.2) is 0 Å². The minimum absolute atomic E-state index is 0.136. The number of aliphatic hydroxyl groups is 1. The zero-order valence-electron chi connectivity index (χ0n) is 49.9. The van der Waals surface area contributed by atoms with Gasteiger partial charge in [0, 0.05) is 74.3 Å². The SMILES string of the molecule is CC1C[C@H](n2ccc3c(NC4CCc5ccccc54)ccnc32)C[C@H]1COS(N)(=O)=O.CC1C[C@H](n2ccc3c(NC4CCc5ccccc54)ncnc32)C[C@H]1CO.COC[C@@H]1C[C@@H](n2ccc3c(NC4CCc5ccccc54)ncnc32)CC1C. The number of aryl methyl sites for hydroxylation is 3. The summed E-state index contributed by atoms with van der Waals surface area (Å²) < 4.78 is 39.5. The number of hydrogen-bond donors (Lipinski definition) is 5. The molecular formula is C68H82N12O5S. The Labute approximate surface area is 504 Å². The van der Waals surface area contributed by atoms with E-state index in [-0.39, 0.29) is 25.2 Å². The van der Waals surface area contributed by atoms with Crippen LogP contribution in [0.25, 0.3) is 33.1 Å². The smallest absolute Gasteiger partial charge is 0.333 e.